The van der Waals surface area contributed by atoms with Crippen LogP contribution in [0.25, 0.3) is 0 Å². The van der Waals surface area contributed by atoms with Crippen molar-refractivity contribution in [3.8, 4) is 0 Å². The Kier molecular flexibility index (Phi) is 5.83. The molecule has 116 valence electrons. The number of benzene rings is 2. The lowest BCUT2D eigenvalue weighted by molar-refractivity contribution is 0.168. The third-order valence-corrected chi connectivity index (χ3v) is 3.35. The summed E-state index contributed by atoms with van der Waals surface area (Å²) in [4.78, 5) is 13.7. The molecule has 0 atom stereocenters. The second-order valence-electron chi connectivity index (χ2n) is 4.89. The first kappa shape index (κ1) is 15.9. The fourth-order valence-electron chi connectivity index (χ4n) is 2.23. The third kappa shape index (κ3) is 4.52. The molecule has 0 aliphatic carbocycles. The Morgan fingerprint density at radius 1 is 1.05 bits per heavy atom. The highest BCUT2D eigenvalue weighted by Crippen LogP contribution is 2.20. The van der Waals surface area contributed by atoms with Gasteiger partial charge in [0.15, 0.2) is 0 Å². The van der Waals surface area contributed by atoms with E-state index in [1.54, 1.807) is 6.92 Å². The van der Waals surface area contributed by atoms with Crippen molar-refractivity contribution in [1.29, 1.82) is 0 Å². The van der Waals surface area contributed by atoms with Gasteiger partial charge in [-0.1, -0.05) is 30.3 Å². The van der Waals surface area contributed by atoms with Crippen molar-refractivity contribution in [3.63, 3.8) is 0 Å². The molecule has 0 radical (unpaired) electrons. The number of nitrogens with zero attached hydrogens (tertiary/aromatic N) is 1. The topological polar surface area (TPSA) is 41.6 Å². The number of carbonyl (C=O) groups excluding carboxylic acids is 1. The van der Waals surface area contributed by atoms with Crippen molar-refractivity contribution in [2.75, 3.05) is 23.4 Å². The van der Waals surface area contributed by atoms with Gasteiger partial charge in [0.25, 0.3) is 0 Å². The number of hydrogen-bond acceptors (Lipinski definition) is 3. The standard InChI is InChI=1S/C18H22N2O2/c1-3-20(14-15-8-6-5-7-9-15)17-12-10-16(11-13-17)19-18(21)22-4-2/h5-13H,3-4,14H2,1-2H3,(H,19,21). The molecule has 0 aliphatic heterocycles. The maximum atomic E-state index is 11.4. The SMILES string of the molecule is CCOC(=O)Nc1ccc(N(CC)Cc2ccccc2)cc1. The number of anilines is 2. The predicted octanol–water partition coefficient (Wildman–Crippen LogP) is 4.28. The Hall–Kier alpha value is -2.49. The van der Waals surface area contributed by atoms with Crippen LogP contribution in [0.1, 0.15) is 19.4 Å². The minimum Gasteiger partial charge on any atom is -0.450 e. The molecule has 2 aromatic rings. The van der Waals surface area contributed by atoms with Crippen molar-refractivity contribution in [3.05, 3.63) is 60.2 Å². The Morgan fingerprint density at radius 2 is 1.73 bits per heavy atom. The summed E-state index contributed by atoms with van der Waals surface area (Å²) < 4.78 is 4.86. The number of amides is 1. The Bertz CT molecular complexity index is 582. The third-order valence-electron chi connectivity index (χ3n) is 3.35. The molecule has 0 aromatic heterocycles. The van der Waals surface area contributed by atoms with Crippen LogP contribution in [-0.4, -0.2) is 19.2 Å². The van der Waals surface area contributed by atoms with Gasteiger partial charge >= 0.3 is 6.09 Å². The van der Waals surface area contributed by atoms with Crippen LogP contribution in [0, 0.1) is 0 Å². The Labute approximate surface area is 131 Å². The normalized spacial score (nSPS) is 10.1. The molecule has 0 unspecified atom stereocenters. The van der Waals surface area contributed by atoms with Crippen LogP contribution in [0.15, 0.2) is 54.6 Å². The Balaban J connectivity index is 2.02. The first-order valence-electron chi connectivity index (χ1n) is 7.55. The van der Waals surface area contributed by atoms with E-state index in [0.717, 1.165) is 24.5 Å². The molecule has 1 N–H and O–H groups in total. The van der Waals surface area contributed by atoms with E-state index in [2.05, 4.69) is 41.4 Å². The minimum atomic E-state index is -0.424. The van der Waals surface area contributed by atoms with Gasteiger partial charge in [0.1, 0.15) is 0 Å². The Morgan fingerprint density at radius 3 is 2.32 bits per heavy atom. The van der Waals surface area contributed by atoms with Gasteiger partial charge < -0.3 is 9.64 Å². The summed E-state index contributed by atoms with van der Waals surface area (Å²) in [6.45, 7) is 6.06. The molecule has 4 heteroatoms. The summed E-state index contributed by atoms with van der Waals surface area (Å²) >= 11 is 0. The molecular weight excluding hydrogens is 276 g/mol. The summed E-state index contributed by atoms with van der Waals surface area (Å²) in [7, 11) is 0. The van der Waals surface area contributed by atoms with Gasteiger partial charge in [-0.15, -0.1) is 0 Å². The predicted molar refractivity (Wildman–Crippen MR) is 90.3 cm³/mol. The molecule has 4 nitrogen and oxygen atoms in total. The van der Waals surface area contributed by atoms with Crippen LogP contribution in [-0.2, 0) is 11.3 Å². The average Bonchev–Trinajstić information content (AvgIpc) is 2.55. The number of ether oxygens (including phenoxy) is 1. The zero-order valence-corrected chi connectivity index (χ0v) is 13.1. The van der Waals surface area contributed by atoms with E-state index in [1.807, 2.05) is 30.3 Å². The fraction of sp³-hybridized carbons (Fsp3) is 0.278. The highest BCUT2D eigenvalue weighted by atomic mass is 16.5. The summed E-state index contributed by atoms with van der Waals surface area (Å²) in [6, 6.07) is 18.2. The van der Waals surface area contributed by atoms with E-state index in [-0.39, 0.29) is 0 Å². The van der Waals surface area contributed by atoms with Gasteiger partial charge in [0.05, 0.1) is 6.61 Å². The summed E-state index contributed by atoms with van der Waals surface area (Å²) in [5, 5.41) is 2.70. The van der Waals surface area contributed by atoms with Crippen molar-refractivity contribution in [2.24, 2.45) is 0 Å². The molecule has 0 saturated carbocycles. The number of carbonyl (C=O) groups is 1. The van der Waals surface area contributed by atoms with Crippen molar-refractivity contribution in [2.45, 2.75) is 20.4 Å². The monoisotopic (exact) mass is 298 g/mol. The average molecular weight is 298 g/mol. The lowest BCUT2D eigenvalue weighted by atomic mass is 10.2. The van der Waals surface area contributed by atoms with Gasteiger partial charge in [0.2, 0.25) is 0 Å². The van der Waals surface area contributed by atoms with Gasteiger partial charge in [0, 0.05) is 24.5 Å². The van der Waals surface area contributed by atoms with Crippen molar-refractivity contribution < 1.29 is 9.53 Å². The van der Waals surface area contributed by atoms with Crippen LogP contribution >= 0.6 is 0 Å². The van der Waals surface area contributed by atoms with E-state index < -0.39 is 6.09 Å². The van der Waals surface area contributed by atoms with Crippen LogP contribution in [0.4, 0.5) is 16.2 Å². The zero-order chi connectivity index (χ0) is 15.8. The van der Waals surface area contributed by atoms with Gasteiger partial charge in [-0.25, -0.2) is 4.79 Å². The second-order valence-corrected chi connectivity index (χ2v) is 4.89. The summed E-state index contributed by atoms with van der Waals surface area (Å²) in [5.74, 6) is 0. The van der Waals surface area contributed by atoms with Crippen LogP contribution in [0.3, 0.4) is 0 Å². The van der Waals surface area contributed by atoms with Gasteiger partial charge in [-0.3, -0.25) is 5.32 Å². The molecule has 0 bridgehead atoms. The van der Waals surface area contributed by atoms with Crippen LogP contribution < -0.4 is 10.2 Å². The van der Waals surface area contributed by atoms with E-state index in [4.69, 9.17) is 4.74 Å². The molecular formula is C18H22N2O2. The van der Waals surface area contributed by atoms with Gasteiger partial charge in [-0.05, 0) is 43.7 Å². The molecule has 0 fully saturated rings. The second kappa shape index (κ2) is 8.08. The fourth-order valence-corrected chi connectivity index (χ4v) is 2.23. The lowest BCUT2D eigenvalue weighted by Crippen LogP contribution is -2.22. The number of rotatable bonds is 6. The zero-order valence-electron chi connectivity index (χ0n) is 13.1. The lowest BCUT2D eigenvalue weighted by Gasteiger charge is -2.23. The largest absolute Gasteiger partial charge is 0.450 e. The van der Waals surface area contributed by atoms with Crippen LogP contribution in [0.5, 0.6) is 0 Å². The molecule has 2 aromatic carbocycles. The molecule has 0 saturated heterocycles. The first-order valence-corrected chi connectivity index (χ1v) is 7.55. The van der Waals surface area contributed by atoms with Crippen LogP contribution in [0.2, 0.25) is 0 Å². The molecule has 0 spiro atoms. The summed E-state index contributed by atoms with van der Waals surface area (Å²) in [5.41, 5.74) is 3.14. The van der Waals surface area contributed by atoms with E-state index in [1.165, 1.54) is 5.56 Å². The molecule has 22 heavy (non-hydrogen) atoms. The number of hydrogen-bond donors (Lipinski definition) is 1. The van der Waals surface area contributed by atoms with Crippen molar-refractivity contribution >= 4 is 17.5 Å². The van der Waals surface area contributed by atoms with E-state index >= 15 is 0 Å². The van der Waals surface area contributed by atoms with E-state index in [9.17, 15) is 4.79 Å². The maximum Gasteiger partial charge on any atom is 0.411 e. The summed E-state index contributed by atoms with van der Waals surface area (Å²) in [6.07, 6.45) is -0.424. The molecule has 2 rings (SSSR count). The minimum absolute atomic E-state index is 0.366. The maximum absolute atomic E-state index is 11.4. The quantitative estimate of drug-likeness (QED) is 0.865. The molecule has 1 amide bonds. The molecule has 0 aliphatic rings. The smallest absolute Gasteiger partial charge is 0.411 e. The highest BCUT2D eigenvalue weighted by molar-refractivity contribution is 5.84. The first-order chi connectivity index (χ1) is 10.7. The number of nitrogens with one attached hydrogen (secondary N) is 1. The van der Waals surface area contributed by atoms with E-state index in [0.29, 0.717) is 6.61 Å². The van der Waals surface area contributed by atoms with Crippen molar-refractivity contribution in [1.82, 2.24) is 0 Å². The molecule has 0 heterocycles. The van der Waals surface area contributed by atoms with Gasteiger partial charge in [-0.2, -0.15) is 0 Å². The highest BCUT2D eigenvalue weighted by Gasteiger charge is 2.06.